The number of carbonyl (C=O) groups excluding carboxylic acids is 1. The Balaban J connectivity index is 2.84. The van der Waals surface area contributed by atoms with E-state index in [1.54, 1.807) is 14.0 Å². The van der Waals surface area contributed by atoms with Gasteiger partial charge in [-0.15, -0.1) is 6.58 Å². The van der Waals surface area contributed by atoms with Gasteiger partial charge in [0.25, 0.3) is 0 Å². The van der Waals surface area contributed by atoms with Crippen LogP contribution in [0.25, 0.3) is 0 Å². The van der Waals surface area contributed by atoms with Crippen LogP contribution in [-0.4, -0.2) is 25.8 Å². The molecule has 0 saturated heterocycles. The van der Waals surface area contributed by atoms with Gasteiger partial charge in [-0.2, -0.15) is 0 Å². The Morgan fingerprint density at radius 3 is 2.39 bits per heavy atom. The van der Waals surface area contributed by atoms with Crippen LogP contribution in [0.15, 0.2) is 24.8 Å². The summed E-state index contributed by atoms with van der Waals surface area (Å²) in [7, 11) is 1.61. The molecule has 0 bridgehead atoms. The number of ether oxygens (including phenoxy) is 2. The summed E-state index contributed by atoms with van der Waals surface area (Å²) in [6, 6.07) is 0. The van der Waals surface area contributed by atoms with Gasteiger partial charge in [-0.1, -0.05) is 18.2 Å². The molecule has 0 aromatic rings. The molecule has 0 amide bonds. The molecule has 0 radical (unpaired) electrons. The summed E-state index contributed by atoms with van der Waals surface area (Å²) < 4.78 is 10.6. The Bertz CT molecular complexity index is 298. The lowest BCUT2D eigenvalue weighted by atomic mass is 9.67. The van der Waals surface area contributed by atoms with Gasteiger partial charge >= 0.3 is 0 Å². The Labute approximate surface area is 110 Å². The first-order chi connectivity index (χ1) is 8.51. The first kappa shape index (κ1) is 15.1. The Morgan fingerprint density at radius 1 is 1.33 bits per heavy atom. The van der Waals surface area contributed by atoms with Crippen LogP contribution in [-0.2, 0) is 14.3 Å². The second-order valence-electron chi connectivity index (χ2n) is 5.15. The van der Waals surface area contributed by atoms with Crippen molar-refractivity contribution in [2.45, 2.75) is 32.8 Å². The molecule has 4 atom stereocenters. The second kappa shape index (κ2) is 6.86. The zero-order valence-electron chi connectivity index (χ0n) is 11.6. The number of Topliss-reactive ketones (excluding diaryl/α,β-unsaturated/α-hetero) is 1. The Kier molecular flexibility index (Phi) is 5.76. The fourth-order valence-corrected chi connectivity index (χ4v) is 2.85. The Hall–Kier alpha value is -0.930. The molecule has 0 aromatic heterocycles. The minimum atomic E-state index is -0.0141. The highest BCUT2D eigenvalue weighted by Gasteiger charge is 2.39. The van der Waals surface area contributed by atoms with Gasteiger partial charge < -0.3 is 9.47 Å². The van der Waals surface area contributed by atoms with Crippen molar-refractivity contribution < 1.29 is 14.3 Å². The summed E-state index contributed by atoms with van der Waals surface area (Å²) in [6.45, 7) is 11.9. The molecule has 0 spiro atoms. The number of hydrogen-bond donors (Lipinski definition) is 0. The predicted octanol–water partition coefficient (Wildman–Crippen LogP) is 2.97. The van der Waals surface area contributed by atoms with E-state index >= 15 is 0 Å². The summed E-state index contributed by atoms with van der Waals surface area (Å²) >= 11 is 0. The van der Waals surface area contributed by atoms with E-state index in [0.717, 1.165) is 18.4 Å². The minimum absolute atomic E-state index is 0.0141. The van der Waals surface area contributed by atoms with Gasteiger partial charge in [0.05, 0.1) is 6.10 Å². The molecule has 1 saturated carbocycles. The third-order valence-corrected chi connectivity index (χ3v) is 3.81. The van der Waals surface area contributed by atoms with E-state index < -0.39 is 0 Å². The minimum Gasteiger partial charge on any atom is -0.359 e. The fraction of sp³-hybridized carbons (Fsp3) is 0.667. The summed E-state index contributed by atoms with van der Waals surface area (Å²) in [4.78, 5) is 11.8. The maximum atomic E-state index is 11.8. The van der Waals surface area contributed by atoms with E-state index in [1.165, 1.54) is 0 Å². The maximum absolute atomic E-state index is 11.8. The zero-order valence-corrected chi connectivity index (χ0v) is 11.6. The number of ketones is 1. The van der Waals surface area contributed by atoms with Crippen LogP contribution in [0.3, 0.4) is 0 Å². The van der Waals surface area contributed by atoms with Crippen LogP contribution < -0.4 is 0 Å². The molecule has 0 N–H and O–H groups in total. The van der Waals surface area contributed by atoms with Crippen molar-refractivity contribution in [1.82, 2.24) is 0 Å². The number of carbonyl (C=O) groups is 1. The van der Waals surface area contributed by atoms with Crippen LogP contribution in [0.5, 0.6) is 0 Å². The molecular formula is C15H24O3. The van der Waals surface area contributed by atoms with E-state index in [9.17, 15) is 4.79 Å². The largest absolute Gasteiger partial charge is 0.359 e. The van der Waals surface area contributed by atoms with Crippen molar-refractivity contribution in [3.05, 3.63) is 24.8 Å². The number of rotatable bonds is 6. The summed E-state index contributed by atoms with van der Waals surface area (Å²) in [6.07, 6.45) is 3.60. The van der Waals surface area contributed by atoms with Gasteiger partial charge in [0.1, 0.15) is 12.6 Å². The Morgan fingerprint density at radius 2 is 1.94 bits per heavy atom. The normalized spacial score (nSPS) is 31.9. The first-order valence-corrected chi connectivity index (χ1v) is 6.40. The maximum Gasteiger partial charge on any atom is 0.146 e. The van der Waals surface area contributed by atoms with Crippen molar-refractivity contribution in [2.75, 3.05) is 13.9 Å². The summed E-state index contributed by atoms with van der Waals surface area (Å²) in [5, 5.41) is 0. The van der Waals surface area contributed by atoms with Gasteiger partial charge in [0.2, 0.25) is 0 Å². The summed E-state index contributed by atoms with van der Waals surface area (Å²) in [5.41, 5.74) is 1.09. The van der Waals surface area contributed by atoms with Crippen molar-refractivity contribution >= 4 is 5.78 Å². The molecule has 0 heterocycles. The fourth-order valence-electron chi connectivity index (χ4n) is 2.85. The van der Waals surface area contributed by atoms with Crippen molar-refractivity contribution in [1.29, 1.82) is 0 Å². The number of hydrogen-bond acceptors (Lipinski definition) is 3. The smallest absolute Gasteiger partial charge is 0.146 e. The molecule has 0 unspecified atom stereocenters. The molecule has 0 aromatic carbocycles. The monoisotopic (exact) mass is 252 g/mol. The van der Waals surface area contributed by atoms with Crippen LogP contribution in [0.2, 0.25) is 0 Å². The molecule has 0 aliphatic heterocycles. The van der Waals surface area contributed by atoms with Gasteiger partial charge in [-0.05, 0) is 38.5 Å². The van der Waals surface area contributed by atoms with Crippen LogP contribution in [0, 0.1) is 17.8 Å². The number of methoxy groups -OCH3 is 1. The van der Waals surface area contributed by atoms with E-state index in [4.69, 9.17) is 9.47 Å². The van der Waals surface area contributed by atoms with Crippen LogP contribution >= 0.6 is 0 Å². The first-order valence-electron chi connectivity index (χ1n) is 6.40. The standard InChI is InChI=1S/C15H24O3/c1-6-13-14(10(2)3)7-12(18-9-17-5)8-15(13)11(4)16/h6,12-15H,1-2,7-9H2,3-5H3/t12-,13+,14+,15+/m1/s1. The molecule has 1 fully saturated rings. The van der Waals surface area contributed by atoms with E-state index in [0.29, 0.717) is 0 Å². The van der Waals surface area contributed by atoms with Gasteiger partial charge in [0.15, 0.2) is 0 Å². The van der Waals surface area contributed by atoms with E-state index in [-0.39, 0.29) is 36.4 Å². The predicted molar refractivity (Wildman–Crippen MR) is 72.1 cm³/mol. The average molecular weight is 252 g/mol. The van der Waals surface area contributed by atoms with E-state index in [2.05, 4.69) is 13.2 Å². The SMILES string of the molecule is C=C[C@H]1[C@H](C(=C)C)C[C@@H](OCOC)C[C@H]1C(C)=O. The molecule has 18 heavy (non-hydrogen) atoms. The third kappa shape index (κ3) is 3.53. The number of allylic oxidation sites excluding steroid dienone is 2. The van der Waals surface area contributed by atoms with E-state index in [1.807, 2.05) is 13.0 Å². The van der Waals surface area contributed by atoms with Gasteiger partial charge in [0, 0.05) is 13.0 Å². The van der Waals surface area contributed by atoms with Gasteiger partial charge in [-0.3, -0.25) is 4.79 Å². The molecule has 102 valence electrons. The lowest BCUT2D eigenvalue weighted by molar-refractivity contribution is -0.131. The summed E-state index contributed by atoms with van der Waals surface area (Å²) in [5.74, 6) is 0.645. The van der Waals surface area contributed by atoms with Crippen molar-refractivity contribution in [3.63, 3.8) is 0 Å². The zero-order chi connectivity index (χ0) is 13.7. The quantitative estimate of drug-likeness (QED) is 0.538. The van der Waals surface area contributed by atoms with Crippen LogP contribution in [0.1, 0.15) is 26.7 Å². The molecule has 3 nitrogen and oxygen atoms in total. The lowest BCUT2D eigenvalue weighted by Gasteiger charge is -2.39. The van der Waals surface area contributed by atoms with Crippen molar-refractivity contribution in [2.24, 2.45) is 17.8 Å². The molecule has 1 rings (SSSR count). The van der Waals surface area contributed by atoms with Gasteiger partial charge in [-0.25, -0.2) is 0 Å². The topological polar surface area (TPSA) is 35.5 Å². The third-order valence-electron chi connectivity index (χ3n) is 3.81. The van der Waals surface area contributed by atoms with Crippen LogP contribution in [0.4, 0.5) is 0 Å². The highest BCUT2D eigenvalue weighted by molar-refractivity contribution is 5.79. The molecule has 1 aliphatic rings. The molecular weight excluding hydrogens is 228 g/mol. The molecule has 1 aliphatic carbocycles. The molecule has 3 heteroatoms. The second-order valence-corrected chi connectivity index (χ2v) is 5.15. The van der Waals surface area contributed by atoms with Crippen molar-refractivity contribution in [3.8, 4) is 0 Å². The lowest BCUT2D eigenvalue weighted by Crippen LogP contribution is -2.39. The highest BCUT2D eigenvalue weighted by Crippen LogP contribution is 2.40. The average Bonchev–Trinajstić information content (AvgIpc) is 2.34. The highest BCUT2D eigenvalue weighted by atomic mass is 16.7.